The van der Waals surface area contributed by atoms with Crippen molar-refractivity contribution in [2.45, 2.75) is 6.54 Å². The van der Waals surface area contributed by atoms with E-state index in [9.17, 15) is 4.39 Å². The van der Waals surface area contributed by atoms with E-state index < -0.39 is 0 Å². The Balaban J connectivity index is 2.86. The van der Waals surface area contributed by atoms with Gasteiger partial charge in [-0.05, 0) is 33.6 Å². The normalized spacial score (nSPS) is 10.1. The highest BCUT2D eigenvalue weighted by atomic mass is 79.9. The Labute approximate surface area is 72.1 Å². The van der Waals surface area contributed by atoms with Crippen LogP contribution in [0.4, 0.5) is 4.39 Å². The molecule has 0 aliphatic heterocycles. The van der Waals surface area contributed by atoms with E-state index in [1.807, 2.05) is 5.48 Å². The van der Waals surface area contributed by atoms with Gasteiger partial charge in [-0.25, -0.2) is 9.87 Å². The van der Waals surface area contributed by atoms with E-state index in [-0.39, 0.29) is 5.82 Å². The van der Waals surface area contributed by atoms with Crippen molar-refractivity contribution in [2.24, 2.45) is 0 Å². The Morgan fingerprint density at radius 2 is 2.27 bits per heavy atom. The Morgan fingerprint density at radius 1 is 1.55 bits per heavy atom. The van der Waals surface area contributed by atoms with Gasteiger partial charge < -0.3 is 5.21 Å². The first-order valence-corrected chi connectivity index (χ1v) is 3.84. The van der Waals surface area contributed by atoms with Crippen molar-refractivity contribution in [3.63, 3.8) is 0 Å². The molecule has 2 N–H and O–H groups in total. The van der Waals surface area contributed by atoms with E-state index in [0.717, 1.165) is 5.56 Å². The Hall–Kier alpha value is -0.450. The van der Waals surface area contributed by atoms with Gasteiger partial charge in [-0.3, -0.25) is 0 Å². The van der Waals surface area contributed by atoms with Crippen LogP contribution >= 0.6 is 15.9 Å². The molecule has 60 valence electrons. The molecule has 0 atom stereocenters. The van der Waals surface area contributed by atoms with Gasteiger partial charge in [-0.1, -0.05) is 6.07 Å². The average Bonchev–Trinajstić information content (AvgIpc) is 1.98. The first-order chi connectivity index (χ1) is 5.24. The number of hydrogen-bond donors (Lipinski definition) is 2. The molecule has 0 aliphatic carbocycles. The van der Waals surface area contributed by atoms with Gasteiger partial charge in [0.05, 0.1) is 4.47 Å². The van der Waals surface area contributed by atoms with Crippen LogP contribution in [0.15, 0.2) is 22.7 Å². The fraction of sp³-hybridized carbons (Fsp3) is 0.143. The Kier molecular flexibility index (Phi) is 2.99. The summed E-state index contributed by atoms with van der Waals surface area (Å²) in [7, 11) is 0. The zero-order valence-electron chi connectivity index (χ0n) is 5.64. The minimum atomic E-state index is -0.299. The van der Waals surface area contributed by atoms with Gasteiger partial charge in [0.1, 0.15) is 5.82 Å². The average molecular weight is 220 g/mol. The van der Waals surface area contributed by atoms with Crippen LogP contribution in [0.1, 0.15) is 5.56 Å². The standard InChI is InChI=1S/C7H7BrFNO/c8-6-3-5(4-10-11)1-2-7(6)9/h1-3,10-11H,4H2. The molecule has 0 heterocycles. The van der Waals surface area contributed by atoms with Crippen LogP contribution < -0.4 is 5.48 Å². The highest BCUT2D eigenvalue weighted by Crippen LogP contribution is 2.16. The van der Waals surface area contributed by atoms with E-state index in [4.69, 9.17) is 5.21 Å². The van der Waals surface area contributed by atoms with E-state index in [0.29, 0.717) is 11.0 Å². The van der Waals surface area contributed by atoms with Crippen molar-refractivity contribution in [1.29, 1.82) is 0 Å². The predicted molar refractivity (Wildman–Crippen MR) is 42.7 cm³/mol. The highest BCUT2D eigenvalue weighted by Gasteiger charge is 1.98. The van der Waals surface area contributed by atoms with Gasteiger partial charge >= 0.3 is 0 Å². The Bertz CT molecular complexity index is 254. The second kappa shape index (κ2) is 3.80. The molecule has 0 spiro atoms. The maximum atomic E-state index is 12.6. The summed E-state index contributed by atoms with van der Waals surface area (Å²) >= 11 is 3.03. The molecule has 0 unspecified atom stereocenters. The molecule has 4 heteroatoms. The molecule has 0 aromatic heterocycles. The van der Waals surface area contributed by atoms with Gasteiger partial charge in [0.25, 0.3) is 0 Å². The maximum Gasteiger partial charge on any atom is 0.137 e. The minimum Gasteiger partial charge on any atom is -0.316 e. The Morgan fingerprint density at radius 3 is 2.82 bits per heavy atom. The molecule has 0 amide bonds. The largest absolute Gasteiger partial charge is 0.316 e. The number of benzene rings is 1. The third-order valence-corrected chi connectivity index (χ3v) is 1.87. The van der Waals surface area contributed by atoms with E-state index in [1.165, 1.54) is 6.07 Å². The molecule has 1 aromatic carbocycles. The fourth-order valence-electron chi connectivity index (χ4n) is 0.741. The fourth-order valence-corrected chi connectivity index (χ4v) is 1.17. The van der Waals surface area contributed by atoms with Crippen molar-refractivity contribution in [3.8, 4) is 0 Å². The monoisotopic (exact) mass is 219 g/mol. The van der Waals surface area contributed by atoms with Crippen LogP contribution in [0.25, 0.3) is 0 Å². The quantitative estimate of drug-likeness (QED) is 0.747. The molecule has 11 heavy (non-hydrogen) atoms. The second-order valence-electron chi connectivity index (χ2n) is 2.08. The minimum absolute atomic E-state index is 0.299. The SMILES string of the molecule is ONCc1ccc(F)c(Br)c1. The van der Waals surface area contributed by atoms with Crippen LogP contribution in [-0.4, -0.2) is 5.21 Å². The van der Waals surface area contributed by atoms with Crippen LogP contribution in [0.5, 0.6) is 0 Å². The van der Waals surface area contributed by atoms with Crippen LogP contribution in [0.3, 0.4) is 0 Å². The summed E-state index contributed by atoms with van der Waals surface area (Å²) in [6.45, 7) is 0.318. The summed E-state index contributed by atoms with van der Waals surface area (Å²) in [5, 5.41) is 8.32. The number of rotatable bonds is 2. The smallest absolute Gasteiger partial charge is 0.137 e. The first-order valence-electron chi connectivity index (χ1n) is 3.05. The molecular formula is C7H7BrFNO. The van der Waals surface area contributed by atoms with Gasteiger partial charge in [0, 0.05) is 6.54 Å². The van der Waals surface area contributed by atoms with Crippen molar-refractivity contribution >= 4 is 15.9 Å². The molecule has 0 fully saturated rings. The van der Waals surface area contributed by atoms with Gasteiger partial charge in [0.2, 0.25) is 0 Å². The summed E-state index contributed by atoms with van der Waals surface area (Å²) in [4.78, 5) is 0. The number of nitrogens with one attached hydrogen (secondary N) is 1. The van der Waals surface area contributed by atoms with Crippen molar-refractivity contribution in [1.82, 2.24) is 5.48 Å². The zero-order valence-corrected chi connectivity index (χ0v) is 7.23. The van der Waals surface area contributed by atoms with Crippen molar-refractivity contribution < 1.29 is 9.60 Å². The summed E-state index contributed by atoms with van der Waals surface area (Å²) in [6, 6.07) is 4.55. The topological polar surface area (TPSA) is 32.3 Å². The molecule has 1 aromatic rings. The van der Waals surface area contributed by atoms with Crippen LogP contribution in [0, 0.1) is 5.82 Å². The van der Waals surface area contributed by atoms with Crippen LogP contribution in [-0.2, 0) is 6.54 Å². The van der Waals surface area contributed by atoms with E-state index in [1.54, 1.807) is 12.1 Å². The maximum absolute atomic E-state index is 12.6. The lowest BCUT2D eigenvalue weighted by molar-refractivity contribution is 0.161. The molecule has 2 nitrogen and oxygen atoms in total. The molecular weight excluding hydrogens is 213 g/mol. The second-order valence-corrected chi connectivity index (χ2v) is 2.94. The van der Waals surface area contributed by atoms with Crippen molar-refractivity contribution in [2.75, 3.05) is 0 Å². The third kappa shape index (κ3) is 2.25. The molecule has 0 saturated carbocycles. The zero-order chi connectivity index (χ0) is 8.27. The number of hydroxylamine groups is 1. The van der Waals surface area contributed by atoms with Gasteiger partial charge in [0.15, 0.2) is 0 Å². The molecule has 0 bridgehead atoms. The predicted octanol–water partition coefficient (Wildman–Crippen LogP) is 2.07. The van der Waals surface area contributed by atoms with E-state index in [2.05, 4.69) is 15.9 Å². The summed E-state index contributed by atoms with van der Waals surface area (Å²) in [6.07, 6.45) is 0. The summed E-state index contributed by atoms with van der Waals surface area (Å²) in [5.74, 6) is -0.299. The molecule has 0 saturated heterocycles. The lowest BCUT2D eigenvalue weighted by Crippen LogP contribution is -2.05. The van der Waals surface area contributed by atoms with Crippen LogP contribution in [0.2, 0.25) is 0 Å². The molecule has 1 rings (SSSR count). The van der Waals surface area contributed by atoms with E-state index >= 15 is 0 Å². The summed E-state index contributed by atoms with van der Waals surface area (Å²) in [5.41, 5.74) is 2.81. The first kappa shape index (κ1) is 8.64. The highest BCUT2D eigenvalue weighted by molar-refractivity contribution is 9.10. The lowest BCUT2D eigenvalue weighted by atomic mass is 10.2. The van der Waals surface area contributed by atoms with Gasteiger partial charge in [-0.15, -0.1) is 0 Å². The lowest BCUT2D eigenvalue weighted by Gasteiger charge is -1.99. The van der Waals surface area contributed by atoms with Gasteiger partial charge in [-0.2, -0.15) is 0 Å². The van der Waals surface area contributed by atoms with Crippen molar-refractivity contribution in [3.05, 3.63) is 34.1 Å². The third-order valence-electron chi connectivity index (χ3n) is 1.27. The number of hydrogen-bond acceptors (Lipinski definition) is 2. The number of halogens is 2. The molecule has 0 radical (unpaired) electrons. The molecule has 0 aliphatic rings. The summed E-state index contributed by atoms with van der Waals surface area (Å²) < 4.78 is 13.0.